The van der Waals surface area contributed by atoms with Gasteiger partial charge in [-0.3, -0.25) is 10.1 Å². The van der Waals surface area contributed by atoms with Gasteiger partial charge in [-0.25, -0.2) is 13.5 Å². The molecule has 0 fully saturated rings. The van der Waals surface area contributed by atoms with Crippen molar-refractivity contribution in [3.63, 3.8) is 0 Å². The molecule has 0 spiro atoms. The molecule has 138 valence electrons. The van der Waals surface area contributed by atoms with Crippen LogP contribution >= 0.6 is 34.3 Å². The molecule has 3 heterocycles. The number of anilines is 1. The summed E-state index contributed by atoms with van der Waals surface area (Å²) in [6.07, 6.45) is -2.72. The SMILES string of the molecule is Cc1nn(-c2ccccc2Cl)c2sc(C(=O)Nc3nnc(C(F)F)s3)cc12. The van der Waals surface area contributed by atoms with E-state index in [-0.39, 0.29) is 5.13 Å². The Balaban J connectivity index is 1.68. The lowest BCUT2D eigenvalue weighted by atomic mass is 10.3. The molecule has 0 bridgehead atoms. The van der Waals surface area contributed by atoms with Crippen LogP contribution in [0.15, 0.2) is 30.3 Å². The number of hydrogen-bond acceptors (Lipinski definition) is 6. The molecule has 11 heteroatoms. The lowest BCUT2D eigenvalue weighted by molar-refractivity contribution is 0.103. The van der Waals surface area contributed by atoms with Crippen LogP contribution in [0.1, 0.15) is 26.8 Å². The highest BCUT2D eigenvalue weighted by Gasteiger charge is 2.20. The van der Waals surface area contributed by atoms with Crippen molar-refractivity contribution in [2.75, 3.05) is 5.32 Å². The van der Waals surface area contributed by atoms with Gasteiger partial charge in [0, 0.05) is 5.39 Å². The summed E-state index contributed by atoms with van der Waals surface area (Å²) >= 11 is 8.13. The molecular weight excluding hydrogens is 416 g/mol. The molecule has 0 unspecified atom stereocenters. The molecule has 3 aromatic heterocycles. The van der Waals surface area contributed by atoms with Gasteiger partial charge in [-0.05, 0) is 25.1 Å². The molecule has 0 aliphatic heterocycles. The maximum Gasteiger partial charge on any atom is 0.291 e. The number of nitrogens with zero attached hydrogens (tertiary/aromatic N) is 4. The predicted octanol–water partition coefficient (Wildman–Crippen LogP) is 5.09. The van der Waals surface area contributed by atoms with E-state index in [1.54, 1.807) is 16.8 Å². The van der Waals surface area contributed by atoms with Crippen LogP contribution in [-0.4, -0.2) is 25.9 Å². The zero-order valence-corrected chi connectivity index (χ0v) is 16.0. The van der Waals surface area contributed by atoms with Gasteiger partial charge in [-0.2, -0.15) is 5.10 Å². The Morgan fingerprint density at radius 3 is 2.74 bits per heavy atom. The standard InChI is InChI=1S/C16H10ClF2N5OS2/c1-7-8-6-11(13(25)20-16-22-21-14(27-16)12(18)19)26-15(8)24(23-7)10-5-3-2-4-9(10)17/h2-6,12H,1H3,(H,20,22,25). The maximum absolute atomic E-state index is 12.6. The van der Waals surface area contributed by atoms with E-state index in [0.29, 0.717) is 26.9 Å². The number of alkyl halides is 2. The first kappa shape index (κ1) is 18.0. The molecule has 1 amide bonds. The first-order chi connectivity index (χ1) is 12.9. The normalized spacial score (nSPS) is 11.4. The fourth-order valence-corrected chi connectivity index (χ4v) is 4.36. The number of hydrogen-bond donors (Lipinski definition) is 1. The van der Waals surface area contributed by atoms with Gasteiger partial charge in [-0.1, -0.05) is 35.1 Å². The van der Waals surface area contributed by atoms with E-state index in [2.05, 4.69) is 20.6 Å². The van der Waals surface area contributed by atoms with Crippen LogP contribution in [0.5, 0.6) is 0 Å². The van der Waals surface area contributed by atoms with Crippen LogP contribution < -0.4 is 5.32 Å². The number of amides is 1. The molecule has 0 saturated heterocycles. The third-order valence-corrected chi connectivity index (χ3v) is 5.97. The number of para-hydroxylation sites is 1. The van der Waals surface area contributed by atoms with Crippen LogP contribution in [0.3, 0.4) is 0 Å². The molecule has 4 rings (SSSR count). The lowest BCUT2D eigenvalue weighted by Gasteiger charge is -2.04. The molecule has 0 aliphatic rings. The number of nitrogens with one attached hydrogen (secondary N) is 1. The van der Waals surface area contributed by atoms with Gasteiger partial charge in [-0.15, -0.1) is 21.5 Å². The molecule has 4 aromatic rings. The predicted molar refractivity (Wildman–Crippen MR) is 102 cm³/mol. The molecule has 1 N–H and O–H groups in total. The highest BCUT2D eigenvalue weighted by atomic mass is 35.5. The van der Waals surface area contributed by atoms with Crippen molar-refractivity contribution < 1.29 is 13.6 Å². The van der Waals surface area contributed by atoms with Crippen molar-refractivity contribution in [3.05, 3.63) is 50.9 Å². The van der Waals surface area contributed by atoms with Crippen molar-refractivity contribution in [2.24, 2.45) is 0 Å². The van der Waals surface area contributed by atoms with E-state index in [0.717, 1.165) is 15.9 Å². The number of carbonyl (C=O) groups is 1. The van der Waals surface area contributed by atoms with Gasteiger partial charge < -0.3 is 0 Å². The third kappa shape index (κ3) is 3.31. The van der Waals surface area contributed by atoms with Crippen LogP contribution in [-0.2, 0) is 0 Å². The molecule has 27 heavy (non-hydrogen) atoms. The average molecular weight is 426 g/mol. The second-order valence-electron chi connectivity index (χ2n) is 5.48. The molecular formula is C16H10ClF2N5OS2. The number of halogens is 3. The number of fused-ring (bicyclic) bond motifs is 1. The summed E-state index contributed by atoms with van der Waals surface area (Å²) in [6, 6.07) is 8.97. The second kappa shape index (κ2) is 6.95. The van der Waals surface area contributed by atoms with Crippen molar-refractivity contribution >= 4 is 55.5 Å². The Morgan fingerprint density at radius 1 is 1.26 bits per heavy atom. The molecule has 0 saturated carbocycles. The van der Waals surface area contributed by atoms with Gasteiger partial charge in [0.2, 0.25) is 5.13 Å². The summed E-state index contributed by atoms with van der Waals surface area (Å²) in [6.45, 7) is 1.84. The van der Waals surface area contributed by atoms with Crippen LogP contribution in [0.25, 0.3) is 15.9 Å². The van der Waals surface area contributed by atoms with Crippen LogP contribution in [0, 0.1) is 6.92 Å². The highest BCUT2D eigenvalue weighted by molar-refractivity contribution is 7.20. The first-order valence-corrected chi connectivity index (χ1v) is 9.62. The van der Waals surface area contributed by atoms with Crippen LogP contribution in [0.2, 0.25) is 5.02 Å². The fraction of sp³-hybridized carbons (Fsp3) is 0.125. The fourth-order valence-electron chi connectivity index (χ4n) is 2.48. The number of aromatic nitrogens is 4. The molecule has 6 nitrogen and oxygen atoms in total. The summed E-state index contributed by atoms with van der Waals surface area (Å²) in [4.78, 5) is 13.6. The second-order valence-corrected chi connectivity index (χ2v) is 7.93. The van der Waals surface area contributed by atoms with Gasteiger partial charge in [0.05, 0.1) is 21.3 Å². The van der Waals surface area contributed by atoms with Gasteiger partial charge in [0.15, 0.2) is 5.01 Å². The largest absolute Gasteiger partial charge is 0.296 e. The van der Waals surface area contributed by atoms with Gasteiger partial charge >= 0.3 is 0 Å². The van der Waals surface area contributed by atoms with E-state index in [9.17, 15) is 13.6 Å². The summed E-state index contributed by atoms with van der Waals surface area (Å²) < 4.78 is 26.9. The minimum Gasteiger partial charge on any atom is -0.296 e. The molecule has 0 aliphatic carbocycles. The Hall–Kier alpha value is -2.43. The smallest absolute Gasteiger partial charge is 0.291 e. The molecule has 0 radical (unpaired) electrons. The van der Waals surface area contributed by atoms with Crippen molar-refractivity contribution in [1.29, 1.82) is 0 Å². The number of thiophene rings is 1. The Bertz CT molecular complexity index is 1150. The summed E-state index contributed by atoms with van der Waals surface area (Å²) in [5, 5.41) is 14.9. The number of benzene rings is 1. The minimum absolute atomic E-state index is 0.0252. The van der Waals surface area contributed by atoms with Crippen molar-refractivity contribution in [3.8, 4) is 5.69 Å². The number of aryl methyl sites for hydroxylation is 1. The topological polar surface area (TPSA) is 72.7 Å². The van der Waals surface area contributed by atoms with Crippen molar-refractivity contribution in [1.82, 2.24) is 20.0 Å². The minimum atomic E-state index is -2.72. The number of rotatable bonds is 4. The zero-order chi connectivity index (χ0) is 19.1. The Labute approximate surface area is 164 Å². The quantitative estimate of drug-likeness (QED) is 0.494. The lowest BCUT2D eigenvalue weighted by Crippen LogP contribution is -2.09. The van der Waals surface area contributed by atoms with Gasteiger partial charge in [0.25, 0.3) is 12.3 Å². The Kier molecular flexibility index (Phi) is 4.62. The van der Waals surface area contributed by atoms with E-state index in [4.69, 9.17) is 11.6 Å². The van der Waals surface area contributed by atoms with E-state index in [1.165, 1.54) is 11.3 Å². The summed E-state index contributed by atoms with van der Waals surface area (Å²) in [5.41, 5.74) is 1.45. The maximum atomic E-state index is 12.6. The average Bonchev–Trinajstić information content (AvgIpc) is 3.32. The van der Waals surface area contributed by atoms with E-state index in [1.807, 2.05) is 25.1 Å². The van der Waals surface area contributed by atoms with Gasteiger partial charge in [0.1, 0.15) is 4.83 Å². The highest BCUT2D eigenvalue weighted by Crippen LogP contribution is 2.33. The Morgan fingerprint density at radius 2 is 2.04 bits per heavy atom. The summed E-state index contributed by atoms with van der Waals surface area (Å²) in [5.74, 6) is -0.446. The van der Waals surface area contributed by atoms with Crippen molar-refractivity contribution in [2.45, 2.75) is 13.3 Å². The first-order valence-electron chi connectivity index (χ1n) is 7.61. The zero-order valence-electron chi connectivity index (χ0n) is 13.6. The van der Waals surface area contributed by atoms with E-state index < -0.39 is 17.3 Å². The monoisotopic (exact) mass is 425 g/mol. The summed E-state index contributed by atoms with van der Waals surface area (Å²) in [7, 11) is 0. The van der Waals surface area contributed by atoms with E-state index >= 15 is 0 Å². The third-order valence-electron chi connectivity index (χ3n) is 3.70. The molecule has 1 aromatic carbocycles. The number of carbonyl (C=O) groups excluding carboxylic acids is 1. The van der Waals surface area contributed by atoms with Crippen LogP contribution in [0.4, 0.5) is 13.9 Å². The molecule has 0 atom stereocenters.